The average molecular weight is 427 g/mol. The summed E-state index contributed by atoms with van der Waals surface area (Å²) in [5.41, 5.74) is 2.99. The molecule has 5 rings (SSSR count). The summed E-state index contributed by atoms with van der Waals surface area (Å²) in [6, 6.07) is 20.8. The quantitative estimate of drug-likeness (QED) is 0.166. The van der Waals surface area contributed by atoms with Crippen molar-refractivity contribution in [1.29, 1.82) is 0 Å². The van der Waals surface area contributed by atoms with Gasteiger partial charge in [0.1, 0.15) is 5.75 Å². The molecule has 0 saturated heterocycles. The first-order valence-corrected chi connectivity index (χ1v) is 11.3. The second-order valence-electron chi connectivity index (χ2n) is 7.12. The van der Waals surface area contributed by atoms with Crippen molar-refractivity contribution >= 4 is 50.2 Å². The number of hydrogen-bond donors (Lipinski definition) is 0. The van der Waals surface area contributed by atoms with E-state index >= 15 is 0 Å². The minimum absolute atomic E-state index is 0.455. The van der Waals surface area contributed by atoms with Gasteiger partial charge in [-0.1, -0.05) is 55.1 Å². The van der Waals surface area contributed by atoms with Crippen LogP contribution in [0.15, 0.2) is 84.1 Å². The van der Waals surface area contributed by atoms with Gasteiger partial charge in [0.15, 0.2) is 0 Å². The SMILES string of the molecule is C=CC(=O)Oc1c(-c2scc3ccccc23)cc(C)cc1-c1scc2ccccc12. The predicted molar refractivity (Wildman–Crippen MR) is 129 cm³/mol. The highest BCUT2D eigenvalue weighted by Gasteiger charge is 2.21. The fraction of sp³-hybridized carbons (Fsp3) is 0.0385. The third-order valence-corrected chi connectivity index (χ3v) is 7.20. The van der Waals surface area contributed by atoms with Gasteiger partial charge in [0.05, 0.1) is 0 Å². The summed E-state index contributed by atoms with van der Waals surface area (Å²) in [5.74, 6) is 0.133. The summed E-state index contributed by atoms with van der Waals surface area (Å²) < 4.78 is 5.88. The Morgan fingerprint density at radius 3 is 1.87 bits per heavy atom. The fourth-order valence-electron chi connectivity index (χ4n) is 3.76. The zero-order valence-electron chi connectivity index (χ0n) is 16.3. The van der Waals surface area contributed by atoms with Crippen molar-refractivity contribution in [3.8, 4) is 26.6 Å². The van der Waals surface area contributed by atoms with Crippen molar-refractivity contribution in [3.63, 3.8) is 0 Å². The molecule has 2 nitrogen and oxygen atoms in total. The number of esters is 1. The van der Waals surface area contributed by atoms with Crippen molar-refractivity contribution in [2.45, 2.75) is 6.92 Å². The van der Waals surface area contributed by atoms with Gasteiger partial charge in [0, 0.05) is 37.7 Å². The second-order valence-corrected chi connectivity index (χ2v) is 8.88. The lowest BCUT2D eigenvalue weighted by Crippen LogP contribution is -2.05. The number of ether oxygens (including phenoxy) is 1. The van der Waals surface area contributed by atoms with E-state index in [0.29, 0.717) is 5.75 Å². The Morgan fingerprint density at radius 2 is 1.37 bits per heavy atom. The molecule has 0 fully saturated rings. The van der Waals surface area contributed by atoms with E-state index in [1.807, 2.05) is 24.3 Å². The highest BCUT2D eigenvalue weighted by molar-refractivity contribution is 7.16. The summed E-state index contributed by atoms with van der Waals surface area (Å²) >= 11 is 3.34. The van der Waals surface area contributed by atoms with Gasteiger partial charge < -0.3 is 4.74 Å². The van der Waals surface area contributed by atoms with E-state index in [1.54, 1.807) is 22.7 Å². The van der Waals surface area contributed by atoms with Gasteiger partial charge in [0.2, 0.25) is 0 Å². The summed E-state index contributed by atoms with van der Waals surface area (Å²) in [7, 11) is 0. The average Bonchev–Trinajstić information content (AvgIpc) is 3.39. The number of carbonyl (C=O) groups is 1. The van der Waals surface area contributed by atoms with Gasteiger partial charge in [-0.15, -0.1) is 22.7 Å². The molecule has 2 heterocycles. The van der Waals surface area contributed by atoms with Crippen molar-refractivity contribution in [1.82, 2.24) is 0 Å². The number of benzene rings is 3. The maximum absolute atomic E-state index is 12.3. The summed E-state index contributed by atoms with van der Waals surface area (Å²) in [6.07, 6.45) is 1.21. The van der Waals surface area contributed by atoms with E-state index in [-0.39, 0.29) is 0 Å². The van der Waals surface area contributed by atoms with E-state index in [9.17, 15) is 4.79 Å². The first kappa shape index (κ1) is 18.8. The third-order valence-electron chi connectivity index (χ3n) is 5.11. The Balaban J connectivity index is 1.83. The zero-order chi connectivity index (χ0) is 20.7. The molecule has 0 radical (unpaired) electrons. The van der Waals surface area contributed by atoms with Gasteiger partial charge in [-0.2, -0.15) is 0 Å². The van der Waals surface area contributed by atoms with Crippen LogP contribution < -0.4 is 4.74 Å². The minimum Gasteiger partial charge on any atom is -0.422 e. The first-order valence-electron chi connectivity index (χ1n) is 9.58. The van der Waals surface area contributed by atoms with Crippen LogP contribution in [0.2, 0.25) is 0 Å². The molecule has 30 heavy (non-hydrogen) atoms. The molecule has 0 amide bonds. The lowest BCUT2D eigenvalue weighted by Gasteiger charge is -2.15. The van der Waals surface area contributed by atoms with Crippen molar-refractivity contribution in [2.75, 3.05) is 0 Å². The molecule has 0 unspecified atom stereocenters. The standard InChI is InChI=1S/C26H18O2S2/c1-3-23(27)28-24-21(25-19-10-6-4-8-17(19)14-29-25)12-16(2)13-22(24)26-20-11-7-5-9-18(20)15-30-26/h3-15H,1H2,2H3. The maximum Gasteiger partial charge on any atom is 0.335 e. The first-order chi connectivity index (χ1) is 14.7. The van der Waals surface area contributed by atoms with Gasteiger partial charge in [-0.25, -0.2) is 4.79 Å². The van der Waals surface area contributed by atoms with Crippen LogP contribution in [0.1, 0.15) is 5.56 Å². The number of aryl methyl sites for hydroxylation is 1. The summed E-state index contributed by atoms with van der Waals surface area (Å²) in [5, 5.41) is 8.97. The van der Waals surface area contributed by atoms with Crippen LogP contribution in [0.5, 0.6) is 5.75 Å². The monoisotopic (exact) mass is 426 g/mol. The Hall–Kier alpha value is -3.21. The van der Waals surface area contributed by atoms with Crippen molar-refractivity contribution < 1.29 is 9.53 Å². The Bertz CT molecular complexity index is 1330. The molecule has 0 atom stereocenters. The number of carbonyl (C=O) groups excluding carboxylic acids is 1. The van der Waals surface area contributed by atoms with Crippen molar-refractivity contribution in [3.05, 3.63) is 89.6 Å². The van der Waals surface area contributed by atoms with Crippen LogP contribution in [0.3, 0.4) is 0 Å². The summed E-state index contributed by atoms with van der Waals surface area (Å²) in [4.78, 5) is 14.5. The van der Waals surface area contributed by atoms with Gasteiger partial charge in [0.25, 0.3) is 0 Å². The molecule has 0 aliphatic heterocycles. The molecule has 146 valence electrons. The van der Waals surface area contributed by atoms with Crippen LogP contribution in [0.25, 0.3) is 42.4 Å². The van der Waals surface area contributed by atoms with E-state index in [1.165, 1.54) is 16.8 Å². The van der Waals surface area contributed by atoms with Crippen LogP contribution >= 0.6 is 22.7 Å². The lowest BCUT2D eigenvalue weighted by atomic mass is 9.98. The molecule has 3 aromatic carbocycles. The van der Waals surface area contributed by atoms with Crippen LogP contribution in [0.4, 0.5) is 0 Å². The third kappa shape index (κ3) is 3.15. The molecule has 0 N–H and O–H groups in total. The number of rotatable bonds is 4. The minimum atomic E-state index is -0.455. The zero-order valence-corrected chi connectivity index (χ0v) is 18.0. The van der Waals surface area contributed by atoms with Gasteiger partial charge in [-0.05, 0) is 46.2 Å². The number of fused-ring (bicyclic) bond motifs is 2. The molecule has 0 aliphatic carbocycles. The largest absolute Gasteiger partial charge is 0.422 e. The lowest BCUT2D eigenvalue weighted by molar-refractivity contribution is -0.128. The molecule has 0 bridgehead atoms. The Labute approximate surface area is 182 Å². The summed E-state index contributed by atoms with van der Waals surface area (Å²) in [6.45, 7) is 5.67. The highest BCUT2D eigenvalue weighted by atomic mass is 32.1. The van der Waals surface area contributed by atoms with Crippen LogP contribution in [-0.4, -0.2) is 5.97 Å². The fourth-order valence-corrected chi connectivity index (χ4v) is 5.85. The predicted octanol–water partition coefficient (Wildman–Crippen LogP) is 7.85. The molecule has 2 aromatic heterocycles. The second kappa shape index (κ2) is 7.56. The van der Waals surface area contributed by atoms with E-state index in [2.05, 4.69) is 60.7 Å². The molecule has 0 spiro atoms. The molecule has 0 saturated carbocycles. The van der Waals surface area contributed by atoms with E-state index in [4.69, 9.17) is 4.74 Å². The Kier molecular flexibility index (Phi) is 4.74. The van der Waals surface area contributed by atoms with E-state index in [0.717, 1.165) is 37.2 Å². The van der Waals surface area contributed by atoms with E-state index < -0.39 is 5.97 Å². The normalized spacial score (nSPS) is 11.1. The Morgan fingerprint density at radius 1 is 0.867 bits per heavy atom. The van der Waals surface area contributed by atoms with Gasteiger partial charge in [-0.3, -0.25) is 0 Å². The van der Waals surface area contributed by atoms with Crippen LogP contribution in [-0.2, 0) is 4.79 Å². The number of hydrogen-bond acceptors (Lipinski definition) is 4. The molecule has 0 aliphatic rings. The maximum atomic E-state index is 12.3. The van der Waals surface area contributed by atoms with Crippen LogP contribution in [0, 0.1) is 6.92 Å². The molecular weight excluding hydrogens is 408 g/mol. The molecular formula is C26H18O2S2. The van der Waals surface area contributed by atoms with Gasteiger partial charge >= 0.3 is 5.97 Å². The highest BCUT2D eigenvalue weighted by Crippen LogP contribution is 2.48. The molecule has 4 heteroatoms. The smallest absolute Gasteiger partial charge is 0.335 e. The number of thiophene rings is 2. The molecule has 5 aromatic rings. The van der Waals surface area contributed by atoms with Crippen molar-refractivity contribution in [2.24, 2.45) is 0 Å². The topological polar surface area (TPSA) is 26.3 Å².